The van der Waals surface area contributed by atoms with E-state index in [1.54, 1.807) is 0 Å². The number of aliphatic hydroxyl groups excluding tert-OH is 2. The van der Waals surface area contributed by atoms with Crippen LogP contribution in [0.2, 0.25) is 0 Å². The van der Waals surface area contributed by atoms with E-state index in [0.29, 0.717) is 0 Å². The smallest absolute Gasteiger partial charge is 0.333 e. The molecule has 7 aromatic carbocycles. The molecule has 7 heterocycles. The third-order valence-electron chi connectivity index (χ3n) is 18.6. The lowest BCUT2D eigenvalue weighted by Gasteiger charge is -2.44. The molecule has 14 rings (SSSR count). The number of hydrogen-bond acceptors (Lipinski definition) is 29. The average molecular weight is 1560 g/mol. The maximum atomic E-state index is 16.0. The molecule has 7 aliphatic rings. The van der Waals surface area contributed by atoms with Gasteiger partial charge in [0.15, 0.2) is 58.7 Å². The zero-order valence-corrected chi connectivity index (χ0v) is 60.3. The number of fused-ring (bicyclic) bond motifs is 14. The number of carbonyl (C=O) groups excluding carboxylic acids is 11. The molecule has 16 N–H and O–H groups in total. The summed E-state index contributed by atoms with van der Waals surface area (Å²) in [5.74, 6) is -19.3. The number of ether oxygens (including phenoxy) is 9. The lowest BCUT2D eigenvalue weighted by molar-refractivity contribution is -0.254. The van der Waals surface area contributed by atoms with Crippen LogP contribution in [0.25, 0.3) is 11.1 Å². The second kappa shape index (κ2) is 32.0. The van der Waals surface area contributed by atoms with E-state index >= 15 is 24.0 Å². The Balaban J connectivity index is 0.998. The number of phenols is 6. The summed E-state index contributed by atoms with van der Waals surface area (Å²) in [6.45, 7) is 4.72. The van der Waals surface area contributed by atoms with Gasteiger partial charge in [-0.25, -0.2) is 4.79 Å². The summed E-state index contributed by atoms with van der Waals surface area (Å²) in [4.78, 5) is 158. The highest BCUT2D eigenvalue weighted by Gasteiger charge is 2.53. The highest BCUT2D eigenvalue weighted by atomic mass is 32.1. The number of hydrogen-bond donors (Lipinski definition) is 16. The number of phenolic OH excluding ortho intramolecular Hbond substituents is 6. The van der Waals surface area contributed by atoms with Crippen LogP contribution in [0.3, 0.4) is 0 Å². The number of carbonyl (C=O) groups is 11. The Morgan fingerprint density at radius 1 is 0.473 bits per heavy atom. The van der Waals surface area contributed by atoms with E-state index in [1.807, 2.05) is 0 Å². The quantitative estimate of drug-likeness (QED) is 0.0590. The number of nitrogens with one attached hydrogen (secondary N) is 8. The summed E-state index contributed by atoms with van der Waals surface area (Å²) in [5, 5.41) is 115. The summed E-state index contributed by atoms with van der Waals surface area (Å²) in [6, 6.07) is 7.78. The molecule has 0 aromatic heterocycles. The first-order valence-corrected chi connectivity index (χ1v) is 34.4. The fraction of sp³-hybridized carbons (Fsp3) is 0.280. The minimum absolute atomic E-state index is 0.0873. The Hall–Kier alpha value is -13.5. The molecule has 0 saturated carbocycles. The minimum atomic E-state index is -2.26. The van der Waals surface area contributed by atoms with Crippen molar-refractivity contribution in [1.29, 1.82) is 0 Å². The SMILES string of the molecule is COC(=O)[C@@H]1NC(=O)[C@H]2NC(=O)[C@H](NC(=O)[C@@H]3NC(=O)[C@H]4NC(=O)[C@H](NC(=O)[C@H](NC(=S)N[C@@H]5O[C@H](COC(C)=O)[C@@H](OC(C)=O)[C@H](OC(C)=O)[C@H]5OC(C)=O)c5ccc(O)c(c5)Oc5cc4cc(O)c5C)[C@H](O)c4ccc(cc4)Oc4cc3cc(c4O)Oc3ccc(cc3)[C@H]2O)c2ccc(O)c(c2)-c2c(O)cc(O)cc21. The molecule has 6 amide bonds. The summed E-state index contributed by atoms with van der Waals surface area (Å²) in [7, 11) is 0.951. The van der Waals surface area contributed by atoms with Crippen LogP contribution < -0.4 is 56.7 Å². The number of amides is 6. The second-order valence-electron chi connectivity index (χ2n) is 26.2. The van der Waals surface area contributed by atoms with Crippen molar-refractivity contribution in [3.8, 4) is 80.1 Å². The highest BCUT2D eigenvalue weighted by molar-refractivity contribution is 7.80. The molecule has 0 unspecified atom stereocenters. The van der Waals surface area contributed by atoms with Crippen LogP contribution in [0.1, 0.15) is 115 Å². The molecule has 584 valence electrons. The summed E-state index contributed by atoms with van der Waals surface area (Å²) in [6.07, 6.45) is -12.6. The van der Waals surface area contributed by atoms with Crippen LogP contribution in [0.4, 0.5) is 0 Å². The van der Waals surface area contributed by atoms with Crippen LogP contribution in [-0.4, -0.2) is 168 Å². The summed E-state index contributed by atoms with van der Waals surface area (Å²) < 4.78 is 52.0. The molecule has 7 aromatic rings. The molecular weight excluding hydrogens is 1490 g/mol. The van der Waals surface area contributed by atoms with Gasteiger partial charge in [0.25, 0.3) is 0 Å². The molecule has 0 radical (unpaired) electrons. The molecule has 36 nitrogen and oxygen atoms in total. The number of aromatic hydroxyl groups is 6. The first-order chi connectivity index (χ1) is 53.2. The Bertz CT molecular complexity index is 5020. The largest absolute Gasteiger partial charge is 0.508 e. The van der Waals surface area contributed by atoms with E-state index in [4.69, 9.17) is 54.8 Å². The molecule has 0 aliphatic carbocycles. The molecule has 112 heavy (non-hydrogen) atoms. The van der Waals surface area contributed by atoms with Crippen molar-refractivity contribution in [2.75, 3.05) is 13.7 Å². The Morgan fingerprint density at radius 3 is 1.54 bits per heavy atom. The van der Waals surface area contributed by atoms with Crippen molar-refractivity contribution >= 4 is 82.6 Å². The Kier molecular flexibility index (Phi) is 22.3. The predicted octanol–water partition coefficient (Wildman–Crippen LogP) is 3.15. The van der Waals surface area contributed by atoms with E-state index in [0.717, 1.165) is 102 Å². The lowest BCUT2D eigenvalue weighted by Crippen LogP contribution is -2.67. The van der Waals surface area contributed by atoms with Gasteiger partial charge in [-0.1, -0.05) is 36.4 Å². The van der Waals surface area contributed by atoms with Gasteiger partial charge in [-0.15, -0.1) is 0 Å². The van der Waals surface area contributed by atoms with Crippen molar-refractivity contribution in [3.63, 3.8) is 0 Å². The number of benzene rings is 7. The van der Waals surface area contributed by atoms with Crippen LogP contribution in [0.5, 0.6) is 69.0 Å². The zero-order valence-electron chi connectivity index (χ0n) is 59.5. The maximum absolute atomic E-state index is 16.0. The molecular formula is C75H70N8O28S. The number of esters is 5. The van der Waals surface area contributed by atoms with Gasteiger partial charge in [-0.05, 0) is 131 Å². The fourth-order valence-corrected chi connectivity index (χ4v) is 13.4. The number of methoxy groups -OCH3 is 1. The van der Waals surface area contributed by atoms with Crippen molar-refractivity contribution < 1.29 is 136 Å². The molecule has 1 saturated heterocycles. The van der Waals surface area contributed by atoms with E-state index in [-0.39, 0.29) is 61.8 Å². The van der Waals surface area contributed by atoms with Gasteiger partial charge in [-0.2, -0.15) is 0 Å². The van der Waals surface area contributed by atoms with Crippen molar-refractivity contribution in [1.82, 2.24) is 42.5 Å². The van der Waals surface area contributed by atoms with Gasteiger partial charge in [0, 0.05) is 56.0 Å². The van der Waals surface area contributed by atoms with E-state index < -0.39 is 225 Å². The van der Waals surface area contributed by atoms with Crippen LogP contribution in [-0.2, 0) is 81.2 Å². The average Bonchev–Trinajstić information content (AvgIpc) is 0.772. The van der Waals surface area contributed by atoms with E-state index in [9.17, 15) is 69.6 Å². The van der Waals surface area contributed by atoms with Crippen molar-refractivity contribution in [2.45, 2.75) is 120 Å². The topological polar surface area (TPSA) is 529 Å². The van der Waals surface area contributed by atoms with Gasteiger partial charge in [-0.3, -0.25) is 47.9 Å². The maximum Gasteiger partial charge on any atom is 0.333 e. The standard InChI is InChI=1S/C75H70N8O28S/c1-28-46(91)20-37-22-48(28)110-49-21-36(12-18-45(49)90)55(82-75(112)83-73-66(107-32(5)87)65(106-31(4)86)64(105-30(3)85)52(111-73)27-104-29(2)84)68(97)81-59-61(93)33-7-13-40(14-8-33)108-50-23-38-24-51(63(50)95)109-41-15-9-34(10-16-41)62(94)60-72(101)79-58(74(102)103-6)43-25-39(88)26-47(92)53(43)42-19-35(11-17-44(42)89)54(67(96)80-60)76-70(99)57(38)77-69(98)56(37)78-71(59)100/h7-26,52,54-62,64-66,73,88-95H,27H2,1-6H3,(H,76,99)(H,77,98)(H,78,100)(H,79,101)(H,80,96)(H,81,97)(H2,82,83,112)/t52-,54-,55-,56+,57-,58-,59-,60+,61-,62-,64-,65+,66-,73-/m1/s1. The van der Waals surface area contributed by atoms with Gasteiger partial charge >= 0.3 is 29.8 Å². The van der Waals surface area contributed by atoms with Crippen molar-refractivity contribution in [3.05, 3.63) is 166 Å². The normalized spacial score (nSPS) is 24.0. The van der Waals surface area contributed by atoms with Crippen LogP contribution >= 0.6 is 12.2 Å². The number of aliphatic hydroxyl groups is 2. The minimum Gasteiger partial charge on any atom is -0.508 e. The third-order valence-corrected chi connectivity index (χ3v) is 18.8. The molecule has 17 bridgehead atoms. The van der Waals surface area contributed by atoms with Crippen LogP contribution in [0, 0.1) is 6.92 Å². The van der Waals surface area contributed by atoms with E-state index in [1.165, 1.54) is 61.5 Å². The molecule has 37 heteroatoms. The number of rotatable bonds is 8. The Morgan fingerprint density at radius 2 is 0.964 bits per heavy atom. The van der Waals surface area contributed by atoms with Gasteiger partial charge in [0.2, 0.25) is 41.2 Å². The van der Waals surface area contributed by atoms with Gasteiger partial charge in [0.05, 0.1) is 7.11 Å². The summed E-state index contributed by atoms with van der Waals surface area (Å²) >= 11 is 5.81. The molecule has 14 atom stereocenters. The second-order valence-corrected chi connectivity index (χ2v) is 26.6. The predicted molar refractivity (Wildman–Crippen MR) is 382 cm³/mol. The first kappa shape index (κ1) is 78.1. The highest BCUT2D eigenvalue weighted by Crippen LogP contribution is 2.48. The molecule has 1 fully saturated rings. The molecule has 7 aliphatic heterocycles. The lowest BCUT2D eigenvalue weighted by atomic mass is 9.89. The molecule has 0 spiro atoms. The fourth-order valence-electron chi connectivity index (χ4n) is 13.2. The Labute approximate surface area is 638 Å². The summed E-state index contributed by atoms with van der Waals surface area (Å²) in [5.41, 5.74) is -2.73. The monoisotopic (exact) mass is 1560 g/mol. The first-order valence-electron chi connectivity index (χ1n) is 34.0. The zero-order chi connectivity index (χ0) is 80.6. The van der Waals surface area contributed by atoms with Crippen LogP contribution in [0.15, 0.2) is 121 Å². The van der Waals surface area contributed by atoms with Gasteiger partial charge in [0.1, 0.15) is 101 Å². The van der Waals surface area contributed by atoms with Crippen molar-refractivity contribution in [2.24, 2.45) is 0 Å². The number of thiocarbonyl (C=S) groups is 1. The third kappa shape index (κ3) is 16.4. The van der Waals surface area contributed by atoms with E-state index in [2.05, 4.69) is 42.5 Å². The van der Waals surface area contributed by atoms with Gasteiger partial charge < -0.3 is 126 Å².